The summed E-state index contributed by atoms with van der Waals surface area (Å²) in [5, 5.41) is 4.96. The summed E-state index contributed by atoms with van der Waals surface area (Å²) in [4.78, 5) is 15.8. The number of hydrogen-bond donors (Lipinski definition) is 1. The van der Waals surface area contributed by atoms with Gasteiger partial charge in [-0.25, -0.2) is 4.79 Å². The number of carbonyl (C=O) groups is 1. The molecule has 0 unspecified atom stereocenters. The highest BCUT2D eigenvalue weighted by molar-refractivity contribution is 7.80. The van der Waals surface area contributed by atoms with Crippen LogP contribution in [0.3, 0.4) is 0 Å². The number of methoxy groups -OCH3 is 1. The van der Waals surface area contributed by atoms with Crippen molar-refractivity contribution in [2.24, 2.45) is 0 Å². The fourth-order valence-corrected chi connectivity index (χ4v) is 5.26. The van der Waals surface area contributed by atoms with Crippen LogP contribution < -0.4 is 5.32 Å². The lowest BCUT2D eigenvalue weighted by atomic mass is 9.95. The van der Waals surface area contributed by atoms with Gasteiger partial charge in [-0.15, -0.1) is 11.3 Å². The molecule has 1 aromatic heterocycles. The molecule has 0 bridgehead atoms. The van der Waals surface area contributed by atoms with E-state index in [1.165, 1.54) is 43.2 Å². The molecule has 0 radical (unpaired) electrons. The Kier molecular flexibility index (Phi) is 5.21. The highest BCUT2D eigenvalue weighted by atomic mass is 32.1. The normalized spacial score (nSPS) is 20.8. The lowest BCUT2D eigenvalue weighted by Gasteiger charge is -2.35. The van der Waals surface area contributed by atoms with Gasteiger partial charge in [0.2, 0.25) is 0 Å². The van der Waals surface area contributed by atoms with Gasteiger partial charge in [0.05, 0.1) is 12.7 Å². The van der Waals surface area contributed by atoms with Crippen LogP contribution in [0.25, 0.3) is 0 Å². The molecule has 2 aliphatic rings. The lowest BCUT2D eigenvalue weighted by molar-refractivity contribution is 0.0601. The minimum Gasteiger partial charge on any atom is -0.465 e. The van der Waals surface area contributed by atoms with Crippen molar-refractivity contribution in [3.05, 3.63) is 16.0 Å². The molecule has 1 aromatic rings. The highest BCUT2D eigenvalue weighted by Gasteiger charge is 2.28. The number of likely N-dealkylation sites (tertiary alicyclic amines) is 1. The van der Waals surface area contributed by atoms with Gasteiger partial charge in [-0.05, 0) is 69.7 Å². The number of thiophene rings is 1. The van der Waals surface area contributed by atoms with E-state index >= 15 is 0 Å². The van der Waals surface area contributed by atoms with Crippen molar-refractivity contribution in [1.82, 2.24) is 4.90 Å². The molecule has 1 N–H and O–H groups in total. The van der Waals surface area contributed by atoms with Gasteiger partial charge in [-0.1, -0.05) is 0 Å². The maximum absolute atomic E-state index is 12.3. The van der Waals surface area contributed by atoms with Crippen molar-refractivity contribution in [2.45, 2.75) is 57.9 Å². The lowest BCUT2D eigenvalue weighted by Crippen LogP contribution is -2.44. The summed E-state index contributed by atoms with van der Waals surface area (Å²) < 4.78 is 5.02. The Morgan fingerprint density at radius 2 is 2.09 bits per heavy atom. The van der Waals surface area contributed by atoms with Crippen molar-refractivity contribution in [3.63, 3.8) is 0 Å². The van der Waals surface area contributed by atoms with Crippen molar-refractivity contribution >= 4 is 39.6 Å². The third-order valence-corrected chi connectivity index (χ3v) is 6.39. The molecule has 4 nitrogen and oxygen atoms in total. The SMILES string of the molecule is COC(=O)c1c(NC(=S)N2CCCC[C@@H]2C)sc2c1CCCC2. The summed E-state index contributed by atoms with van der Waals surface area (Å²) in [6, 6.07) is 0.458. The van der Waals surface area contributed by atoms with Gasteiger partial charge >= 0.3 is 5.97 Å². The molecule has 0 spiro atoms. The van der Waals surface area contributed by atoms with Crippen LogP contribution >= 0.6 is 23.6 Å². The Balaban J connectivity index is 1.85. The van der Waals surface area contributed by atoms with Crippen molar-refractivity contribution in [2.75, 3.05) is 19.0 Å². The molecular formula is C17H24N2O2S2. The minimum absolute atomic E-state index is 0.249. The zero-order valence-electron chi connectivity index (χ0n) is 13.8. The minimum atomic E-state index is -0.249. The number of carbonyl (C=O) groups excluding carboxylic acids is 1. The topological polar surface area (TPSA) is 41.6 Å². The molecule has 1 fully saturated rings. The first-order chi connectivity index (χ1) is 11.1. The van der Waals surface area contributed by atoms with Crippen LogP contribution in [-0.4, -0.2) is 35.7 Å². The standard InChI is InChI=1S/C17H24N2O2S2/c1-11-7-5-6-10-19(11)17(22)18-15-14(16(20)21-2)12-8-3-4-9-13(12)23-15/h11H,3-10H2,1-2H3,(H,18,22)/t11-/m0/s1. The summed E-state index contributed by atoms with van der Waals surface area (Å²) in [7, 11) is 1.45. The van der Waals surface area contributed by atoms with Crippen LogP contribution in [0.2, 0.25) is 0 Å². The molecule has 0 saturated carbocycles. The van der Waals surface area contributed by atoms with E-state index < -0.39 is 0 Å². The third kappa shape index (κ3) is 3.38. The molecule has 1 saturated heterocycles. The van der Waals surface area contributed by atoms with Gasteiger partial charge in [0.1, 0.15) is 5.00 Å². The maximum Gasteiger partial charge on any atom is 0.341 e. The molecule has 3 rings (SSSR count). The average molecular weight is 353 g/mol. The Bertz CT molecular complexity index is 612. The zero-order valence-corrected chi connectivity index (χ0v) is 15.4. The number of aryl methyl sites for hydroxylation is 1. The van der Waals surface area contributed by atoms with Crippen LogP contribution in [0.4, 0.5) is 5.00 Å². The summed E-state index contributed by atoms with van der Waals surface area (Å²) in [5.74, 6) is -0.249. The van der Waals surface area contributed by atoms with Crippen LogP contribution in [0.15, 0.2) is 0 Å². The van der Waals surface area contributed by atoms with Crippen molar-refractivity contribution in [3.8, 4) is 0 Å². The Morgan fingerprint density at radius 3 is 2.83 bits per heavy atom. The molecular weight excluding hydrogens is 328 g/mol. The van der Waals surface area contributed by atoms with Gasteiger partial charge in [-0.3, -0.25) is 0 Å². The number of anilines is 1. The average Bonchev–Trinajstić information content (AvgIpc) is 2.92. The molecule has 1 atom stereocenters. The predicted octanol–water partition coefficient (Wildman–Crippen LogP) is 3.98. The Hall–Kier alpha value is -1.14. The number of rotatable bonds is 2. The van der Waals surface area contributed by atoms with E-state index in [9.17, 15) is 4.79 Å². The zero-order chi connectivity index (χ0) is 16.4. The van der Waals surface area contributed by atoms with Crippen molar-refractivity contribution in [1.29, 1.82) is 0 Å². The number of piperidine rings is 1. The number of nitrogens with one attached hydrogen (secondary N) is 1. The molecule has 1 aliphatic heterocycles. The second-order valence-electron chi connectivity index (χ2n) is 6.37. The first-order valence-corrected chi connectivity index (χ1v) is 9.64. The quantitative estimate of drug-likeness (QED) is 0.644. The summed E-state index contributed by atoms with van der Waals surface area (Å²) in [6.45, 7) is 3.21. The number of ether oxygens (including phenoxy) is 1. The van der Waals surface area contributed by atoms with Crippen molar-refractivity contribution < 1.29 is 9.53 Å². The van der Waals surface area contributed by atoms with E-state index in [4.69, 9.17) is 17.0 Å². The van der Waals surface area contributed by atoms with Gasteiger partial charge in [0.15, 0.2) is 5.11 Å². The number of thiocarbonyl (C=S) groups is 1. The highest BCUT2D eigenvalue weighted by Crippen LogP contribution is 2.38. The van der Waals surface area contributed by atoms with E-state index in [0.29, 0.717) is 11.6 Å². The number of fused-ring (bicyclic) bond motifs is 1. The van der Waals surface area contributed by atoms with E-state index in [1.807, 2.05) is 0 Å². The molecule has 1 aliphatic carbocycles. The van der Waals surface area contributed by atoms with Crippen LogP contribution in [0.5, 0.6) is 0 Å². The second-order valence-corrected chi connectivity index (χ2v) is 7.87. The number of hydrogen-bond acceptors (Lipinski definition) is 4. The molecule has 126 valence electrons. The van der Waals surface area contributed by atoms with Gasteiger partial charge in [0, 0.05) is 17.5 Å². The molecule has 0 aromatic carbocycles. The van der Waals surface area contributed by atoms with Gasteiger partial charge < -0.3 is 15.0 Å². The van der Waals surface area contributed by atoms with Gasteiger partial charge in [0.25, 0.3) is 0 Å². The largest absolute Gasteiger partial charge is 0.465 e. The second kappa shape index (κ2) is 7.18. The van der Waals surface area contributed by atoms with E-state index in [2.05, 4.69) is 17.1 Å². The van der Waals surface area contributed by atoms with E-state index in [-0.39, 0.29) is 5.97 Å². The molecule has 23 heavy (non-hydrogen) atoms. The first kappa shape index (κ1) is 16.7. The molecule has 6 heteroatoms. The van der Waals surface area contributed by atoms with E-state index in [0.717, 1.165) is 35.9 Å². The number of esters is 1. The Labute approximate surface area is 147 Å². The molecule has 0 amide bonds. The fourth-order valence-electron chi connectivity index (χ4n) is 3.54. The monoisotopic (exact) mass is 352 g/mol. The van der Waals surface area contributed by atoms with Crippen LogP contribution in [0.1, 0.15) is 59.8 Å². The summed E-state index contributed by atoms with van der Waals surface area (Å²) in [6.07, 6.45) is 7.97. The Morgan fingerprint density at radius 1 is 1.30 bits per heavy atom. The molecule has 2 heterocycles. The van der Waals surface area contributed by atoms with E-state index in [1.54, 1.807) is 11.3 Å². The summed E-state index contributed by atoms with van der Waals surface area (Å²) in [5.41, 5.74) is 1.88. The van der Waals surface area contributed by atoms with Crippen LogP contribution in [-0.2, 0) is 17.6 Å². The van der Waals surface area contributed by atoms with Crippen LogP contribution in [0, 0.1) is 0 Å². The third-order valence-electron chi connectivity index (χ3n) is 4.85. The maximum atomic E-state index is 12.3. The first-order valence-electron chi connectivity index (χ1n) is 8.42. The smallest absolute Gasteiger partial charge is 0.341 e. The predicted molar refractivity (Wildman–Crippen MR) is 98.5 cm³/mol. The fraction of sp³-hybridized carbons (Fsp3) is 0.647. The number of nitrogens with zero attached hydrogens (tertiary/aromatic N) is 1. The summed E-state index contributed by atoms with van der Waals surface area (Å²) >= 11 is 7.30. The van der Waals surface area contributed by atoms with Gasteiger partial charge in [-0.2, -0.15) is 0 Å².